The number of imidazole rings is 1. The molecule has 2 aromatic heterocycles. The number of halogens is 4. The zero-order valence-corrected chi connectivity index (χ0v) is 25.2. The summed E-state index contributed by atoms with van der Waals surface area (Å²) in [6.07, 6.45) is 0.249. The summed E-state index contributed by atoms with van der Waals surface area (Å²) < 4.78 is 69.2. The Morgan fingerprint density at radius 3 is 2.44 bits per heavy atom. The highest BCUT2D eigenvalue weighted by Crippen LogP contribution is 2.45. The number of aromatic nitrogens is 3. The van der Waals surface area contributed by atoms with Gasteiger partial charge in [0.05, 0.1) is 41.1 Å². The van der Waals surface area contributed by atoms with Crippen LogP contribution in [0.25, 0.3) is 11.2 Å². The van der Waals surface area contributed by atoms with Crippen LogP contribution in [0.15, 0.2) is 24.4 Å². The van der Waals surface area contributed by atoms with Crippen LogP contribution in [0.2, 0.25) is 0 Å². The van der Waals surface area contributed by atoms with Gasteiger partial charge in [0.1, 0.15) is 23.0 Å². The Morgan fingerprint density at radius 1 is 1.11 bits per heavy atom. The lowest BCUT2D eigenvalue weighted by Gasteiger charge is -2.44. The van der Waals surface area contributed by atoms with Crippen LogP contribution in [-0.2, 0) is 14.9 Å². The molecule has 0 radical (unpaired) electrons. The van der Waals surface area contributed by atoms with Gasteiger partial charge >= 0.3 is 12.5 Å². The molecule has 3 saturated heterocycles. The van der Waals surface area contributed by atoms with E-state index in [0.717, 1.165) is 43.6 Å². The number of nitrogens with zero attached hydrogens (tertiary/aromatic N) is 3. The number of amides is 2. The maximum Gasteiger partial charge on any atom is 0.573 e. The molecule has 1 aliphatic carbocycles. The molecule has 2 amide bonds. The number of carbonyl (C=O) groups excluding carboxylic acids is 2. The number of ether oxygens (including phenoxy) is 3. The average Bonchev–Trinajstić information content (AvgIpc) is 3.42. The Hall–Kier alpha value is -3.94. The van der Waals surface area contributed by atoms with Gasteiger partial charge in [-0.15, -0.1) is 13.2 Å². The molecule has 45 heavy (non-hydrogen) atoms. The molecular weight excluding hydrogens is 598 g/mol. The lowest BCUT2D eigenvalue weighted by molar-refractivity contribution is -0.274. The quantitative estimate of drug-likeness (QED) is 0.305. The molecule has 7 rings (SSSR count). The Labute approximate surface area is 256 Å². The predicted molar refractivity (Wildman–Crippen MR) is 155 cm³/mol. The number of fused-ring (bicyclic) bond motifs is 4. The van der Waals surface area contributed by atoms with Crippen molar-refractivity contribution in [2.75, 3.05) is 25.0 Å². The Balaban J connectivity index is 1.21. The van der Waals surface area contributed by atoms with Gasteiger partial charge in [-0.2, -0.15) is 0 Å². The molecule has 0 unspecified atom stereocenters. The van der Waals surface area contributed by atoms with Gasteiger partial charge in [-0.05, 0) is 77.3 Å². The van der Waals surface area contributed by atoms with Gasteiger partial charge in [0.2, 0.25) is 0 Å². The Kier molecular flexibility index (Phi) is 7.90. The highest BCUT2D eigenvalue weighted by atomic mass is 19.4. The van der Waals surface area contributed by atoms with Crippen LogP contribution in [0, 0.1) is 5.82 Å². The van der Waals surface area contributed by atoms with Crippen molar-refractivity contribution in [3.05, 3.63) is 47.2 Å². The van der Waals surface area contributed by atoms with Crippen molar-refractivity contribution < 1.29 is 41.4 Å². The van der Waals surface area contributed by atoms with Crippen molar-refractivity contribution in [2.24, 2.45) is 0 Å². The van der Waals surface area contributed by atoms with E-state index in [4.69, 9.17) is 14.5 Å². The van der Waals surface area contributed by atoms with E-state index in [0.29, 0.717) is 42.3 Å². The first kappa shape index (κ1) is 31.1. The van der Waals surface area contributed by atoms with Crippen LogP contribution in [0.1, 0.15) is 87.0 Å². The van der Waals surface area contributed by atoms with Gasteiger partial charge in [0.25, 0.3) is 5.91 Å². The number of piperidine rings is 1. The molecule has 4 fully saturated rings. The summed E-state index contributed by atoms with van der Waals surface area (Å²) in [6.45, 7) is 5.96. The first-order chi connectivity index (χ1) is 21.2. The number of benzene rings is 1. The second-order valence-corrected chi connectivity index (χ2v) is 13.0. The minimum atomic E-state index is -4.97. The topological polar surface area (TPSA) is 119 Å². The van der Waals surface area contributed by atoms with Crippen molar-refractivity contribution in [3.63, 3.8) is 0 Å². The number of pyridine rings is 1. The molecule has 242 valence electrons. The van der Waals surface area contributed by atoms with Gasteiger partial charge < -0.3 is 24.1 Å². The smallest absolute Gasteiger partial charge is 0.444 e. The van der Waals surface area contributed by atoms with Gasteiger partial charge in [-0.3, -0.25) is 10.1 Å². The number of likely N-dealkylation sites (tertiary alicyclic amines) is 1. The number of nitrogens with one attached hydrogen (secondary N) is 2. The van der Waals surface area contributed by atoms with E-state index in [2.05, 4.69) is 20.0 Å². The van der Waals surface area contributed by atoms with Gasteiger partial charge in [0.15, 0.2) is 5.65 Å². The highest BCUT2D eigenvalue weighted by Gasteiger charge is 2.45. The molecule has 3 aromatic rings. The van der Waals surface area contributed by atoms with E-state index in [9.17, 15) is 22.8 Å². The molecule has 5 heterocycles. The normalized spacial score (nSPS) is 22.5. The summed E-state index contributed by atoms with van der Waals surface area (Å²) >= 11 is 0. The minimum Gasteiger partial charge on any atom is -0.444 e. The second-order valence-electron chi connectivity index (χ2n) is 13.0. The first-order valence-electron chi connectivity index (χ1n) is 15.0. The molecule has 0 atom stereocenters. The van der Waals surface area contributed by atoms with E-state index < -0.39 is 35.5 Å². The molecule has 2 N–H and O–H groups in total. The SMILES string of the molecule is CC(C)(C)OC(=O)Nc1cc(OC(F)(F)F)ccc1C(=O)N1CCC(c2c(F)cnc3nc(C45CCC(CC4)OC5)[nH]c23)CC1. The van der Waals surface area contributed by atoms with Gasteiger partial charge in [0, 0.05) is 24.7 Å². The third-order valence-corrected chi connectivity index (χ3v) is 8.78. The van der Waals surface area contributed by atoms with Crippen LogP contribution in [0.4, 0.5) is 28.0 Å². The standard InChI is InChI=1S/C31H35F4N5O5/c1-29(2,3)45-28(42)37-22-14-19(44-31(33,34)35)4-5-20(22)26(41)40-12-8-17(9-13-40)23-21(32)15-36-25-24(23)38-27(39-25)30-10-6-18(7-11-30)43-16-30/h4-5,14-15,17-18H,6-13,16H2,1-3H3,(H,37,42)(H,36,38,39). The third kappa shape index (κ3) is 6.56. The second kappa shape index (κ2) is 11.5. The molecule has 3 aliphatic heterocycles. The number of alkyl halides is 3. The van der Waals surface area contributed by atoms with E-state index in [-0.39, 0.29) is 35.7 Å². The van der Waals surface area contributed by atoms with Crippen LogP contribution >= 0.6 is 0 Å². The number of carbonyl (C=O) groups is 2. The van der Waals surface area contributed by atoms with Crippen LogP contribution in [-0.4, -0.2) is 69.6 Å². The van der Waals surface area contributed by atoms with Crippen molar-refractivity contribution in [1.82, 2.24) is 19.9 Å². The summed E-state index contributed by atoms with van der Waals surface area (Å²) in [4.78, 5) is 40.0. The Bertz CT molecular complexity index is 1590. The number of hydrogen-bond acceptors (Lipinski definition) is 7. The monoisotopic (exact) mass is 633 g/mol. The van der Waals surface area contributed by atoms with Crippen LogP contribution in [0.5, 0.6) is 5.75 Å². The summed E-state index contributed by atoms with van der Waals surface area (Å²) in [5.41, 5.74) is 0.140. The number of rotatable bonds is 5. The van der Waals surface area contributed by atoms with Crippen LogP contribution in [0.3, 0.4) is 0 Å². The fraction of sp³-hybridized carbons (Fsp3) is 0.548. The summed E-state index contributed by atoms with van der Waals surface area (Å²) in [7, 11) is 0. The fourth-order valence-corrected chi connectivity index (χ4v) is 6.61. The maximum absolute atomic E-state index is 15.3. The maximum atomic E-state index is 15.3. The van der Waals surface area contributed by atoms with E-state index >= 15 is 4.39 Å². The van der Waals surface area contributed by atoms with E-state index in [1.54, 1.807) is 20.8 Å². The first-order valence-corrected chi connectivity index (χ1v) is 15.0. The molecule has 0 spiro atoms. The van der Waals surface area contributed by atoms with Crippen molar-refractivity contribution in [2.45, 2.75) is 88.7 Å². The predicted octanol–water partition coefficient (Wildman–Crippen LogP) is 6.57. The van der Waals surface area contributed by atoms with Gasteiger partial charge in [-0.1, -0.05) is 0 Å². The molecule has 1 aromatic carbocycles. The van der Waals surface area contributed by atoms with E-state index in [1.165, 1.54) is 17.2 Å². The molecule has 2 bridgehead atoms. The van der Waals surface area contributed by atoms with Crippen molar-refractivity contribution in [3.8, 4) is 5.75 Å². The summed E-state index contributed by atoms with van der Waals surface area (Å²) in [6, 6.07) is 3.11. The number of anilines is 1. The van der Waals surface area contributed by atoms with Crippen molar-refractivity contribution in [1.29, 1.82) is 0 Å². The highest BCUT2D eigenvalue weighted by molar-refractivity contribution is 6.03. The molecule has 4 aliphatic rings. The van der Waals surface area contributed by atoms with Crippen molar-refractivity contribution >= 4 is 28.9 Å². The van der Waals surface area contributed by atoms with Gasteiger partial charge in [-0.25, -0.2) is 19.2 Å². The Morgan fingerprint density at radius 2 is 1.82 bits per heavy atom. The lowest BCUT2D eigenvalue weighted by Crippen LogP contribution is -2.46. The van der Waals surface area contributed by atoms with E-state index in [1.807, 2.05) is 0 Å². The zero-order chi connectivity index (χ0) is 32.1. The average molecular weight is 634 g/mol. The molecule has 10 nitrogen and oxygen atoms in total. The lowest BCUT2D eigenvalue weighted by atomic mass is 9.71. The largest absolute Gasteiger partial charge is 0.573 e. The minimum absolute atomic E-state index is 0.0341. The zero-order valence-electron chi connectivity index (χ0n) is 25.2. The molecular formula is C31H35F4N5O5. The fourth-order valence-electron chi connectivity index (χ4n) is 6.61. The molecule has 1 saturated carbocycles. The number of aromatic amines is 1. The summed E-state index contributed by atoms with van der Waals surface area (Å²) in [5, 5.41) is 2.38. The number of hydrogen-bond donors (Lipinski definition) is 2. The number of H-pyrrole nitrogens is 1. The molecule has 14 heteroatoms. The summed E-state index contributed by atoms with van der Waals surface area (Å²) in [5.74, 6) is -1.02. The van der Waals surface area contributed by atoms with Crippen LogP contribution < -0.4 is 10.1 Å². The third-order valence-electron chi connectivity index (χ3n) is 8.78.